The fraction of sp³-hybridized carbons (Fsp3) is 0.364. The molecule has 1 aromatic rings. The highest BCUT2D eigenvalue weighted by Crippen LogP contribution is 2.10. The molecular weight excluding hydrogens is 232 g/mol. The normalized spacial score (nSPS) is 11.3. The van der Waals surface area contributed by atoms with Crippen LogP contribution in [0.4, 0.5) is 8.78 Å². The Morgan fingerprint density at radius 3 is 2.29 bits per heavy atom. The van der Waals surface area contributed by atoms with Crippen LogP contribution >= 0.6 is 0 Å². The van der Waals surface area contributed by atoms with Crippen molar-refractivity contribution in [3.8, 4) is 0 Å². The van der Waals surface area contributed by atoms with Gasteiger partial charge in [0.05, 0.1) is 13.2 Å². The maximum Gasteiger partial charge on any atom is 0.287 e. The lowest BCUT2D eigenvalue weighted by Gasteiger charge is -2.13. The van der Waals surface area contributed by atoms with E-state index in [2.05, 4.69) is 0 Å². The van der Waals surface area contributed by atoms with Gasteiger partial charge in [-0.05, 0) is 17.7 Å². The molecule has 0 aliphatic carbocycles. The largest absolute Gasteiger partial charge is 0.392 e. The molecule has 0 heterocycles. The number of carbonyl (C=O) groups excluding carboxylic acids is 1. The fourth-order valence-corrected chi connectivity index (χ4v) is 1.13. The Labute approximate surface area is 96.9 Å². The number of rotatable bonds is 5. The van der Waals surface area contributed by atoms with Crippen LogP contribution in [0.1, 0.15) is 15.9 Å². The Bertz CT molecular complexity index is 379. The summed E-state index contributed by atoms with van der Waals surface area (Å²) in [5.41, 5.74) is 0.846. The predicted molar refractivity (Wildman–Crippen MR) is 56.7 cm³/mol. The zero-order valence-corrected chi connectivity index (χ0v) is 8.99. The Morgan fingerprint density at radius 1 is 1.24 bits per heavy atom. The number of amides is 1. The van der Waals surface area contributed by atoms with Crippen molar-refractivity contribution in [2.45, 2.75) is 12.5 Å². The average molecular weight is 245 g/mol. The van der Waals surface area contributed by atoms with Crippen molar-refractivity contribution in [1.82, 2.24) is 5.32 Å². The van der Waals surface area contributed by atoms with Crippen molar-refractivity contribution in [2.24, 2.45) is 0 Å². The molecule has 0 saturated heterocycles. The lowest BCUT2D eigenvalue weighted by atomic mass is 10.1. The van der Waals surface area contributed by atoms with Gasteiger partial charge in [0, 0.05) is 5.56 Å². The van der Waals surface area contributed by atoms with Gasteiger partial charge >= 0.3 is 0 Å². The summed E-state index contributed by atoms with van der Waals surface area (Å²) in [7, 11) is 0. The van der Waals surface area contributed by atoms with Crippen molar-refractivity contribution in [2.75, 3.05) is 13.2 Å². The van der Waals surface area contributed by atoms with Crippen LogP contribution in [0, 0.1) is 0 Å². The molecule has 0 bridgehead atoms. The third-order valence-corrected chi connectivity index (χ3v) is 2.14. The number of hydrogen-bond donors (Lipinski definition) is 3. The summed E-state index contributed by atoms with van der Waals surface area (Å²) in [6, 6.07) is 5.91. The van der Waals surface area contributed by atoms with Crippen molar-refractivity contribution < 1.29 is 23.8 Å². The summed E-state index contributed by atoms with van der Waals surface area (Å²) < 4.78 is 25.3. The second-order valence-electron chi connectivity index (χ2n) is 3.55. The molecule has 3 N–H and O–H groups in total. The summed E-state index contributed by atoms with van der Waals surface area (Å²) in [6.07, 6.45) is 0. The number of benzene rings is 1. The monoisotopic (exact) mass is 245 g/mol. The molecule has 0 aromatic heterocycles. The number of alkyl halides is 2. The minimum absolute atomic E-state index is 0.148. The van der Waals surface area contributed by atoms with Gasteiger partial charge in [0.25, 0.3) is 11.8 Å². The van der Waals surface area contributed by atoms with E-state index >= 15 is 0 Å². The fourth-order valence-electron chi connectivity index (χ4n) is 1.13. The summed E-state index contributed by atoms with van der Waals surface area (Å²) in [4.78, 5) is 11.4. The molecule has 0 saturated carbocycles. The van der Waals surface area contributed by atoms with Gasteiger partial charge in [0.2, 0.25) is 0 Å². The topological polar surface area (TPSA) is 69.6 Å². The van der Waals surface area contributed by atoms with E-state index in [-0.39, 0.29) is 12.2 Å². The number of nitrogens with one attached hydrogen (secondary N) is 1. The van der Waals surface area contributed by atoms with Gasteiger partial charge in [0.15, 0.2) is 0 Å². The van der Waals surface area contributed by atoms with Crippen molar-refractivity contribution in [3.63, 3.8) is 0 Å². The number of aliphatic hydroxyl groups is 2. The van der Waals surface area contributed by atoms with Crippen LogP contribution in [0.15, 0.2) is 24.3 Å². The summed E-state index contributed by atoms with van der Waals surface area (Å²) in [5, 5.41) is 19.1. The van der Waals surface area contributed by atoms with E-state index < -0.39 is 25.0 Å². The van der Waals surface area contributed by atoms with Crippen LogP contribution in [-0.2, 0) is 6.61 Å². The highest BCUT2D eigenvalue weighted by Gasteiger charge is 2.28. The second-order valence-corrected chi connectivity index (χ2v) is 3.55. The molecule has 0 atom stereocenters. The van der Waals surface area contributed by atoms with Gasteiger partial charge in [-0.2, -0.15) is 0 Å². The first kappa shape index (κ1) is 13.5. The highest BCUT2D eigenvalue weighted by atomic mass is 19.3. The Morgan fingerprint density at radius 2 is 1.82 bits per heavy atom. The lowest BCUT2D eigenvalue weighted by molar-refractivity contribution is -0.0462. The van der Waals surface area contributed by atoms with Gasteiger partial charge in [-0.15, -0.1) is 0 Å². The minimum atomic E-state index is -3.32. The molecule has 0 fully saturated rings. The molecule has 1 rings (SSSR count). The summed E-state index contributed by atoms with van der Waals surface area (Å²) in [5.74, 6) is -3.97. The molecule has 1 aromatic carbocycles. The molecule has 1 amide bonds. The minimum Gasteiger partial charge on any atom is -0.392 e. The third-order valence-electron chi connectivity index (χ3n) is 2.14. The summed E-state index contributed by atoms with van der Waals surface area (Å²) in [6.45, 7) is -2.37. The van der Waals surface area contributed by atoms with Gasteiger partial charge in [0.1, 0.15) is 6.61 Å². The first-order valence-electron chi connectivity index (χ1n) is 4.95. The van der Waals surface area contributed by atoms with Crippen LogP contribution < -0.4 is 5.32 Å². The van der Waals surface area contributed by atoms with Gasteiger partial charge in [-0.25, -0.2) is 8.78 Å². The van der Waals surface area contributed by atoms with Gasteiger partial charge in [-0.3, -0.25) is 4.79 Å². The van der Waals surface area contributed by atoms with E-state index in [1.807, 2.05) is 5.32 Å². The Hall–Kier alpha value is -1.53. The zero-order chi connectivity index (χ0) is 12.9. The molecule has 0 spiro atoms. The van der Waals surface area contributed by atoms with Gasteiger partial charge < -0.3 is 15.5 Å². The first-order valence-corrected chi connectivity index (χ1v) is 4.95. The molecule has 17 heavy (non-hydrogen) atoms. The second kappa shape index (κ2) is 5.70. The number of aliphatic hydroxyl groups excluding tert-OH is 2. The van der Waals surface area contributed by atoms with Crippen LogP contribution in [0.25, 0.3) is 0 Å². The number of hydrogen-bond acceptors (Lipinski definition) is 3. The first-order chi connectivity index (χ1) is 7.98. The number of halogens is 2. The molecule has 0 aliphatic rings. The SMILES string of the molecule is O=C(NCC(F)(F)CO)c1ccc(CO)cc1. The Kier molecular flexibility index (Phi) is 4.53. The van der Waals surface area contributed by atoms with E-state index in [4.69, 9.17) is 10.2 Å². The Balaban J connectivity index is 2.58. The molecule has 0 unspecified atom stereocenters. The van der Waals surface area contributed by atoms with Crippen molar-refractivity contribution >= 4 is 5.91 Å². The third kappa shape index (κ3) is 4.08. The molecule has 4 nitrogen and oxygen atoms in total. The standard InChI is InChI=1S/C11H13F2NO3/c12-11(13,7-16)6-14-10(17)9-3-1-8(5-15)2-4-9/h1-4,15-16H,5-7H2,(H,14,17). The van der Waals surface area contributed by atoms with E-state index in [9.17, 15) is 13.6 Å². The number of carbonyl (C=O) groups is 1. The zero-order valence-electron chi connectivity index (χ0n) is 8.99. The average Bonchev–Trinajstić information content (AvgIpc) is 2.36. The lowest BCUT2D eigenvalue weighted by Crippen LogP contribution is -2.38. The maximum absolute atomic E-state index is 12.6. The van der Waals surface area contributed by atoms with Crippen LogP contribution in [0.3, 0.4) is 0 Å². The smallest absolute Gasteiger partial charge is 0.287 e. The quantitative estimate of drug-likeness (QED) is 0.709. The van der Waals surface area contributed by atoms with E-state index in [0.717, 1.165) is 0 Å². The molecular formula is C11H13F2NO3. The maximum atomic E-state index is 12.6. The van der Waals surface area contributed by atoms with Crippen LogP contribution in [0.2, 0.25) is 0 Å². The van der Waals surface area contributed by atoms with Crippen molar-refractivity contribution in [3.05, 3.63) is 35.4 Å². The van der Waals surface area contributed by atoms with Crippen LogP contribution in [0.5, 0.6) is 0 Å². The van der Waals surface area contributed by atoms with E-state index in [1.54, 1.807) is 0 Å². The molecule has 6 heteroatoms. The van der Waals surface area contributed by atoms with Gasteiger partial charge in [-0.1, -0.05) is 12.1 Å². The highest BCUT2D eigenvalue weighted by molar-refractivity contribution is 5.94. The molecule has 0 radical (unpaired) electrons. The van der Waals surface area contributed by atoms with Crippen LogP contribution in [-0.4, -0.2) is 35.2 Å². The summed E-state index contributed by atoms with van der Waals surface area (Å²) >= 11 is 0. The van der Waals surface area contributed by atoms with E-state index in [0.29, 0.717) is 5.56 Å². The van der Waals surface area contributed by atoms with Crippen molar-refractivity contribution in [1.29, 1.82) is 0 Å². The molecule has 0 aliphatic heterocycles. The van der Waals surface area contributed by atoms with E-state index in [1.165, 1.54) is 24.3 Å². The molecule has 94 valence electrons. The predicted octanol–water partition coefficient (Wildman–Crippen LogP) is 0.536.